The molecule has 1 amide bonds. The van der Waals surface area contributed by atoms with Gasteiger partial charge in [0.05, 0.1) is 6.42 Å². The molecule has 1 aliphatic heterocycles. The highest BCUT2D eigenvalue weighted by molar-refractivity contribution is 8.13. The zero-order chi connectivity index (χ0) is 19.3. The highest BCUT2D eigenvalue weighted by Gasteiger charge is 2.37. The number of hydrogen-bond acceptors (Lipinski definition) is 6. The normalized spacial score (nSPS) is 18.5. The van der Waals surface area contributed by atoms with Crippen molar-refractivity contribution >= 4 is 28.8 Å². The van der Waals surface area contributed by atoms with Crippen LogP contribution in [-0.4, -0.2) is 45.1 Å². The Balaban J connectivity index is 1.96. The molecule has 26 heavy (non-hydrogen) atoms. The van der Waals surface area contributed by atoms with E-state index in [1.165, 1.54) is 0 Å². The van der Waals surface area contributed by atoms with Crippen molar-refractivity contribution < 1.29 is 19.1 Å². The molecule has 0 N–H and O–H groups in total. The molecule has 6 nitrogen and oxygen atoms in total. The number of amides is 1. The van der Waals surface area contributed by atoms with E-state index in [1.54, 1.807) is 50.9 Å². The molecule has 1 aliphatic rings. The first-order chi connectivity index (χ1) is 12.2. The SMILES string of the molecule is C[C@H](CC(=O)OC(C)(C)C)C(=O)N1CCC[C@H]1C(=O)Sc1ccccn1. The molecule has 2 atom stereocenters. The highest BCUT2D eigenvalue weighted by atomic mass is 32.2. The van der Waals surface area contributed by atoms with Crippen molar-refractivity contribution in [1.82, 2.24) is 9.88 Å². The van der Waals surface area contributed by atoms with Crippen LogP contribution in [0.2, 0.25) is 0 Å². The van der Waals surface area contributed by atoms with Crippen LogP contribution >= 0.6 is 11.8 Å². The summed E-state index contributed by atoms with van der Waals surface area (Å²) in [5.74, 6) is -1.09. The molecule has 7 heteroatoms. The average Bonchev–Trinajstić information content (AvgIpc) is 3.02. The molecular weight excluding hydrogens is 352 g/mol. The second kappa shape index (κ2) is 8.66. The van der Waals surface area contributed by atoms with Crippen LogP contribution in [0.3, 0.4) is 0 Å². The number of ether oxygens (including phenoxy) is 1. The molecule has 142 valence electrons. The number of likely N-dealkylation sites (tertiary alicyclic amines) is 1. The fourth-order valence-electron chi connectivity index (χ4n) is 2.86. The summed E-state index contributed by atoms with van der Waals surface area (Å²) in [4.78, 5) is 43.1. The van der Waals surface area contributed by atoms with Crippen molar-refractivity contribution in [3.8, 4) is 0 Å². The van der Waals surface area contributed by atoms with E-state index < -0.39 is 23.5 Å². The number of pyridine rings is 1. The van der Waals surface area contributed by atoms with Crippen molar-refractivity contribution in [2.75, 3.05) is 6.54 Å². The van der Waals surface area contributed by atoms with Crippen LogP contribution in [0.1, 0.15) is 47.0 Å². The van der Waals surface area contributed by atoms with Gasteiger partial charge >= 0.3 is 5.97 Å². The predicted octanol–water partition coefficient (Wildman–Crippen LogP) is 3.06. The second-order valence-electron chi connectivity index (χ2n) is 7.47. The third-order valence-corrected chi connectivity index (χ3v) is 4.89. The molecular formula is C19H26N2O4S. The van der Waals surface area contributed by atoms with E-state index in [4.69, 9.17) is 4.74 Å². The molecule has 0 aliphatic carbocycles. The molecule has 2 rings (SSSR count). The van der Waals surface area contributed by atoms with Gasteiger partial charge in [0, 0.05) is 18.7 Å². The van der Waals surface area contributed by atoms with Gasteiger partial charge in [0.15, 0.2) is 0 Å². The first-order valence-corrected chi connectivity index (χ1v) is 9.64. The number of carbonyl (C=O) groups excluding carboxylic acids is 3. The third-order valence-electron chi connectivity index (χ3n) is 3.97. The number of carbonyl (C=O) groups is 3. The summed E-state index contributed by atoms with van der Waals surface area (Å²) in [6.45, 7) is 7.62. The van der Waals surface area contributed by atoms with Gasteiger partial charge < -0.3 is 9.64 Å². The number of esters is 1. The number of nitrogens with zero attached hydrogens (tertiary/aromatic N) is 2. The van der Waals surface area contributed by atoms with Crippen molar-refractivity contribution in [3.63, 3.8) is 0 Å². The number of rotatable bonds is 5. The van der Waals surface area contributed by atoms with Crippen LogP contribution in [-0.2, 0) is 19.1 Å². The Morgan fingerprint density at radius 1 is 1.35 bits per heavy atom. The van der Waals surface area contributed by atoms with Gasteiger partial charge in [-0.25, -0.2) is 4.98 Å². The van der Waals surface area contributed by atoms with Crippen molar-refractivity contribution in [3.05, 3.63) is 24.4 Å². The van der Waals surface area contributed by atoms with E-state index in [0.29, 0.717) is 18.0 Å². The van der Waals surface area contributed by atoms with Crippen molar-refractivity contribution in [2.45, 2.75) is 63.6 Å². The van der Waals surface area contributed by atoms with E-state index in [-0.39, 0.29) is 17.4 Å². The Morgan fingerprint density at radius 2 is 2.08 bits per heavy atom. The lowest BCUT2D eigenvalue weighted by atomic mass is 10.1. The van der Waals surface area contributed by atoms with Gasteiger partial charge in [-0.15, -0.1) is 0 Å². The van der Waals surface area contributed by atoms with E-state index in [2.05, 4.69) is 4.98 Å². The van der Waals surface area contributed by atoms with Crippen LogP contribution in [0, 0.1) is 5.92 Å². The molecule has 0 saturated carbocycles. The predicted molar refractivity (Wildman–Crippen MR) is 99.5 cm³/mol. The van der Waals surface area contributed by atoms with E-state index in [9.17, 15) is 14.4 Å². The molecule has 0 bridgehead atoms. The lowest BCUT2D eigenvalue weighted by Gasteiger charge is -2.27. The highest BCUT2D eigenvalue weighted by Crippen LogP contribution is 2.28. The Labute approximate surface area is 158 Å². The minimum Gasteiger partial charge on any atom is -0.460 e. The first-order valence-electron chi connectivity index (χ1n) is 8.82. The van der Waals surface area contributed by atoms with Gasteiger partial charge in [0.25, 0.3) is 0 Å². The monoisotopic (exact) mass is 378 g/mol. The molecule has 0 aromatic carbocycles. The molecule has 1 aromatic rings. The smallest absolute Gasteiger partial charge is 0.307 e. The Kier molecular flexibility index (Phi) is 6.81. The summed E-state index contributed by atoms with van der Waals surface area (Å²) in [5, 5.41) is 0.539. The first kappa shape index (κ1) is 20.4. The molecule has 1 aromatic heterocycles. The van der Waals surface area contributed by atoms with E-state index >= 15 is 0 Å². The molecule has 1 fully saturated rings. The van der Waals surface area contributed by atoms with Gasteiger partial charge in [-0.1, -0.05) is 13.0 Å². The minimum absolute atomic E-state index is 0.0148. The van der Waals surface area contributed by atoms with Crippen LogP contribution in [0.5, 0.6) is 0 Å². The second-order valence-corrected chi connectivity index (χ2v) is 8.50. The van der Waals surface area contributed by atoms with Gasteiger partial charge in [0.1, 0.15) is 16.7 Å². The zero-order valence-corrected chi connectivity index (χ0v) is 16.5. The maximum Gasteiger partial charge on any atom is 0.307 e. The average molecular weight is 378 g/mol. The largest absolute Gasteiger partial charge is 0.460 e. The fraction of sp³-hybridized carbons (Fsp3) is 0.579. The van der Waals surface area contributed by atoms with E-state index in [1.807, 2.05) is 6.07 Å². The van der Waals surface area contributed by atoms with Crippen LogP contribution in [0.25, 0.3) is 0 Å². The summed E-state index contributed by atoms with van der Waals surface area (Å²) < 4.78 is 5.29. The minimum atomic E-state index is -0.578. The molecule has 2 heterocycles. The summed E-state index contributed by atoms with van der Waals surface area (Å²) in [6.07, 6.45) is 3.07. The van der Waals surface area contributed by atoms with Crippen LogP contribution in [0.15, 0.2) is 29.4 Å². The Hall–Kier alpha value is -1.89. The fourth-order valence-corrected chi connectivity index (χ4v) is 3.71. The van der Waals surface area contributed by atoms with Gasteiger partial charge in [-0.3, -0.25) is 14.4 Å². The number of thioether (sulfide) groups is 1. The standard InChI is InChI=1S/C19H26N2O4S/c1-13(12-16(22)25-19(2,3)4)17(23)21-11-7-8-14(21)18(24)26-15-9-5-6-10-20-15/h5-6,9-10,13-14H,7-8,11-12H2,1-4H3/t13-,14+/m1/s1. The van der Waals surface area contributed by atoms with E-state index in [0.717, 1.165) is 18.2 Å². The quantitative estimate of drug-likeness (QED) is 0.579. The lowest BCUT2D eigenvalue weighted by Crippen LogP contribution is -2.43. The maximum atomic E-state index is 12.8. The molecule has 0 unspecified atom stereocenters. The van der Waals surface area contributed by atoms with Gasteiger partial charge in [-0.2, -0.15) is 0 Å². The van der Waals surface area contributed by atoms with Crippen LogP contribution in [0.4, 0.5) is 0 Å². The third kappa shape index (κ3) is 5.83. The number of hydrogen-bond donors (Lipinski definition) is 0. The lowest BCUT2D eigenvalue weighted by molar-refractivity contribution is -0.158. The van der Waals surface area contributed by atoms with Gasteiger partial charge in [0.2, 0.25) is 11.0 Å². The number of aromatic nitrogens is 1. The molecule has 0 radical (unpaired) electrons. The van der Waals surface area contributed by atoms with Crippen LogP contribution < -0.4 is 0 Å². The summed E-state index contributed by atoms with van der Waals surface area (Å²) in [7, 11) is 0. The zero-order valence-electron chi connectivity index (χ0n) is 15.7. The Bertz CT molecular complexity index is 657. The summed E-state index contributed by atoms with van der Waals surface area (Å²) >= 11 is 1.06. The molecule has 0 spiro atoms. The maximum absolute atomic E-state index is 12.8. The Morgan fingerprint density at radius 3 is 2.69 bits per heavy atom. The van der Waals surface area contributed by atoms with Crippen molar-refractivity contribution in [1.29, 1.82) is 0 Å². The summed E-state index contributed by atoms with van der Waals surface area (Å²) in [5.41, 5.74) is -0.578. The molecule has 1 saturated heterocycles. The van der Waals surface area contributed by atoms with Gasteiger partial charge in [-0.05, 0) is 57.5 Å². The van der Waals surface area contributed by atoms with Crippen molar-refractivity contribution in [2.24, 2.45) is 5.92 Å². The topological polar surface area (TPSA) is 76.6 Å². The summed E-state index contributed by atoms with van der Waals surface area (Å²) in [6, 6.07) is 4.92.